The lowest BCUT2D eigenvalue weighted by Gasteiger charge is -2.36. The molecule has 4 rings (SSSR count). The minimum Gasteiger partial charge on any atom is -0.478 e. The standard InChI is InChI=1S/C21H19N3O6/c25-19(11-22-10-15-3-1-7-29-15)24-13-20(26)23(12-16-4-2-8-30-16)17-6-5-14(21(27)28)9-18(17)24/h1-9,22H,10-13H2,(H,27,28). The highest BCUT2D eigenvalue weighted by Gasteiger charge is 2.33. The lowest BCUT2D eigenvalue weighted by molar-refractivity contribution is -0.122. The Morgan fingerprint density at radius 3 is 2.43 bits per heavy atom. The zero-order valence-electron chi connectivity index (χ0n) is 15.9. The number of carbonyl (C=O) groups is 3. The van der Waals surface area contributed by atoms with Gasteiger partial charge in [0, 0.05) is 0 Å². The quantitative estimate of drug-likeness (QED) is 0.615. The van der Waals surface area contributed by atoms with Gasteiger partial charge in [0.05, 0.1) is 49.1 Å². The first kappa shape index (κ1) is 19.5. The Morgan fingerprint density at radius 2 is 1.77 bits per heavy atom. The molecule has 0 unspecified atom stereocenters. The summed E-state index contributed by atoms with van der Waals surface area (Å²) >= 11 is 0. The van der Waals surface area contributed by atoms with Crippen LogP contribution in [0.2, 0.25) is 0 Å². The monoisotopic (exact) mass is 409 g/mol. The molecule has 9 heteroatoms. The number of anilines is 2. The summed E-state index contributed by atoms with van der Waals surface area (Å²) < 4.78 is 10.6. The molecule has 3 aromatic rings. The highest BCUT2D eigenvalue weighted by Crippen LogP contribution is 2.35. The van der Waals surface area contributed by atoms with E-state index in [1.165, 1.54) is 34.3 Å². The minimum absolute atomic E-state index is 0.0300. The van der Waals surface area contributed by atoms with E-state index >= 15 is 0 Å². The first-order chi connectivity index (χ1) is 14.5. The number of rotatable bonds is 7. The number of carboxylic acids is 1. The maximum absolute atomic E-state index is 12.8. The molecule has 0 saturated heterocycles. The highest BCUT2D eigenvalue weighted by molar-refractivity contribution is 6.12. The maximum atomic E-state index is 12.8. The van der Waals surface area contributed by atoms with Crippen molar-refractivity contribution in [3.05, 3.63) is 72.1 Å². The summed E-state index contributed by atoms with van der Waals surface area (Å²) in [4.78, 5) is 39.9. The van der Waals surface area contributed by atoms with Gasteiger partial charge in [-0.1, -0.05) is 0 Å². The Kier molecular flexibility index (Phi) is 5.36. The number of nitrogens with zero attached hydrogens (tertiary/aromatic N) is 2. The third-order valence-corrected chi connectivity index (χ3v) is 4.75. The molecule has 3 heterocycles. The van der Waals surface area contributed by atoms with Crippen LogP contribution in [-0.2, 0) is 22.7 Å². The lowest BCUT2D eigenvalue weighted by atomic mass is 10.1. The van der Waals surface area contributed by atoms with Gasteiger partial charge >= 0.3 is 5.97 Å². The maximum Gasteiger partial charge on any atom is 0.335 e. The van der Waals surface area contributed by atoms with Crippen molar-refractivity contribution in [2.24, 2.45) is 0 Å². The number of benzene rings is 1. The Hall–Kier alpha value is -3.85. The molecule has 0 saturated carbocycles. The first-order valence-electron chi connectivity index (χ1n) is 9.26. The average Bonchev–Trinajstić information content (AvgIpc) is 3.43. The van der Waals surface area contributed by atoms with Crippen molar-refractivity contribution in [2.75, 3.05) is 22.9 Å². The molecule has 0 bridgehead atoms. The molecule has 2 aromatic heterocycles. The zero-order chi connectivity index (χ0) is 21.1. The summed E-state index contributed by atoms with van der Waals surface area (Å²) in [6.45, 7) is 0.304. The van der Waals surface area contributed by atoms with Crippen molar-refractivity contribution in [3.8, 4) is 0 Å². The van der Waals surface area contributed by atoms with Gasteiger partial charge in [-0.15, -0.1) is 0 Å². The Bertz CT molecular complexity index is 1060. The van der Waals surface area contributed by atoms with E-state index in [-0.39, 0.29) is 37.0 Å². The van der Waals surface area contributed by atoms with E-state index in [4.69, 9.17) is 8.83 Å². The molecule has 0 aliphatic carbocycles. The number of nitrogens with one attached hydrogen (secondary N) is 1. The Morgan fingerprint density at radius 1 is 1.03 bits per heavy atom. The van der Waals surface area contributed by atoms with Crippen molar-refractivity contribution in [3.63, 3.8) is 0 Å². The smallest absolute Gasteiger partial charge is 0.335 e. The summed E-state index contributed by atoms with van der Waals surface area (Å²) in [5, 5.41) is 12.3. The predicted octanol–water partition coefficient (Wildman–Crippen LogP) is 2.24. The van der Waals surface area contributed by atoms with Crippen LogP contribution in [0.25, 0.3) is 0 Å². The van der Waals surface area contributed by atoms with Crippen LogP contribution in [0.5, 0.6) is 0 Å². The molecule has 0 spiro atoms. The molecule has 0 fully saturated rings. The van der Waals surface area contributed by atoms with Gasteiger partial charge < -0.3 is 24.2 Å². The van der Waals surface area contributed by atoms with Crippen molar-refractivity contribution in [1.29, 1.82) is 0 Å². The topological polar surface area (TPSA) is 116 Å². The number of hydrogen-bond acceptors (Lipinski definition) is 6. The fourth-order valence-corrected chi connectivity index (χ4v) is 3.30. The fraction of sp³-hybridized carbons (Fsp3) is 0.190. The predicted molar refractivity (Wildman–Crippen MR) is 106 cm³/mol. The Labute approximate surface area is 171 Å². The number of hydrogen-bond donors (Lipinski definition) is 2. The van der Waals surface area contributed by atoms with Gasteiger partial charge in [0.15, 0.2) is 0 Å². The van der Waals surface area contributed by atoms with Gasteiger partial charge in [-0.25, -0.2) is 4.79 Å². The number of amides is 2. The summed E-state index contributed by atoms with van der Waals surface area (Å²) in [6, 6.07) is 11.3. The first-order valence-corrected chi connectivity index (χ1v) is 9.26. The van der Waals surface area contributed by atoms with Crippen LogP contribution in [-0.4, -0.2) is 36.0 Å². The molecule has 2 amide bonds. The highest BCUT2D eigenvalue weighted by atomic mass is 16.4. The summed E-state index contributed by atoms with van der Waals surface area (Å²) in [5.74, 6) is -0.499. The van der Waals surface area contributed by atoms with E-state index in [0.29, 0.717) is 29.4 Å². The van der Waals surface area contributed by atoms with Gasteiger partial charge in [0.25, 0.3) is 0 Å². The number of aromatic carboxylic acids is 1. The van der Waals surface area contributed by atoms with E-state index < -0.39 is 5.97 Å². The lowest BCUT2D eigenvalue weighted by Crippen LogP contribution is -2.50. The molecule has 1 aromatic carbocycles. The summed E-state index contributed by atoms with van der Waals surface area (Å²) in [5.41, 5.74) is 0.847. The van der Waals surface area contributed by atoms with Gasteiger partial charge in [-0.3, -0.25) is 14.5 Å². The molecule has 0 radical (unpaired) electrons. The van der Waals surface area contributed by atoms with E-state index in [1.807, 2.05) is 0 Å². The van der Waals surface area contributed by atoms with E-state index in [2.05, 4.69) is 5.32 Å². The number of furan rings is 2. The van der Waals surface area contributed by atoms with E-state index in [0.717, 1.165) is 0 Å². The molecule has 1 aliphatic rings. The van der Waals surface area contributed by atoms with E-state index in [1.54, 1.807) is 30.5 Å². The second-order valence-electron chi connectivity index (χ2n) is 6.73. The minimum atomic E-state index is -1.12. The van der Waals surface area contributed by atoms with Crippen LogP contribution in [0, 0.1) is 0 Å². The molecule has 1 aliphatic heterocycles. The number of carbonyl (C=O) groups excluding carboxylic acids is 2. The Balaban J connectivity index is 1.59. The SMILES string of the molecule is O=C(O)c1ccc2c(c1)N(C(=O)CNCc1ccco1)CC(=O)N2Cc1ccco1. The third kappa shape index (κ3) is 3.96. The summed E-state index contributed by atoms with van der Waals surface area (Å²) in [7, 11) is 0. The second-order valence-corrected chi connectivity index (χ2v) is 6.73. The molecular weight excluding hydrogens is 390 g/mol. The van der Waals surface area contributed by atoms with Crippen LogP contribution >= 0.6 is 0 Å². The molecule has 154 valence electrons. The molecule has 2 N–H and O–H groups in total. The van der Waals surface area contributed by atoms with Crippen LogP contribution < -0.4 is 15.1 Å². The largest absolute Gasteiger partial charge is 0.478 e. The normalized spacial score (nSPS) is 13.4. The molecular formula is C21H19N3O6. The second kappa shape index (κ2) is 8.26. The van der Waals surface area contributed by atoms with Crippen LogP contribution in [0.1, 0.15) is 21.9 Å². The van der Waals surface area contributed by atoms with Gasteiger partial charge in [0.2, 0.25) is 11.8 Å². The summed E-state index contributed by atoms with van der Waals surface area (Å²) in [6.07, 6.45) is 3.05. The zero-order valence-corrected chi connectivity index (χ0v) is 15.9. The fourth-order valence-electron chi connectivity index (χ4n) is 3.30. The van der Waals surface area contributed by atoms with Crippen molar-refractivity contribution < 1.29 is 28.3 Å². The average molecular weight is 409 g/mol. The van der Waals surface area contributed by atoms with E-state index in [9.17, 15) is 19.5 Å². The van der Waals surface area contributed by atoms with Crippen LogP contribution in [0.15, 0.2) is 63.8 Å². The number of fused-ring (bicyclic) bond motifs is 1. The van der Waals surface area contributed by atoms with Crippen molar-refractivity contribution in [2.45, 2.75) is 13.1 Å². The van der Waals surface area contributed by atoms with Gasteiger partial charge in [-0.05, 0) is 42.5 Å². The van der Waals surface area contributed by atoms with Crippen molar-refractivity contribution >= 4 is 29.2 Å². The molecule has 9 nitrogen and oxygen atoms in total. The molecule has 0 atom stereocenters. The molecule has 30 heavy (non-hydrogen) atoms. The van der Waals surface area contributed by atoms with Gasteiger partial charge in [0.1, 0.15) is 18.1 Å². The van der Waals surface area contributed by atoms with Crippen LogP contribution in [0.4, 0.5) is 11.4 Å². The van der Waals surface area contributed by atoms with Gasteiger partial charge in [-0.2, -0.15) is 0 Å². The number of carboxylic acid groups (broad SMARTS) is 1. The third-order valence-electron chi connectivity index (χ3n) is 4.75. The van der Waals surface area contributed by atoms with Crippen molar-refractivity contribution in [1.82, 2.24) is 5.32 Å². The van der Waals surface area contributed by atoms with Crippen LogP contribution in [0.3, 0.4) is 0 Å².